The second kappa shape index (κ2) is 11.8. The third-order valence-electron chi connectivity index (χ3n) is 7.48. The van der Waals surface area contributed by atoms with Crippen molar-refractivity contribution in [3.8, 4) is 0 Å². The van der Waals surface area contributed by atoms with Crippen LogP contribution < -0.4 is 9.97 Å². The van der Waals surface area contributed by atoms with Crippen molar-refractivity contribution in [2.24, 2.45) is 0 Å². The fourth-order valence-electron chi connectivity index (χ4n) is 5.23. The molecule has 0 saturated heterocycles. The first kappa shape index (κ1) is 30.4. The van der Waals surface area contributed by atoms with Gasteiger partial charge in [0.05, 0.1) is 27.6 Å². The summed E-state index contributed by atoms with van der Waals surface area (Å²) in [6.07, 6.45) is 0.267. The minimum absolute atomic E-state index is 0. The largest absolute Gasteiger partial charge is 2.00 e. The maximum absolute atomic E-state index is 12.0. The first-order valence-corrected chi connectivity index (χ1v) is 13.0. The summed E-state index contributed by atoms with van der Waals surface area (Å²) in [5.74, 6) is -1.89. The quantitative estimate of drug-likeness (QED) is 0.205. The summed E-state index contributed by atoms with van der Waals surface area (Å²) in [7, 11) is 0. The molecule has 219 valence electrons. The number of allylic oxidation sites excluding steroid dienone is 3. The maximum atomic E-state index is 12.0. The van der Waals surface area contributed by atoms with Gasteiger partial charge in [-0.25, -0.2) is 9.97 Å². The number of hydrogen-bond donors (Lipinski definition) is 2. The fraction of sp³-hybridized carbons (Fsp3) is 0.267. The number of nitro groups is 1. The zero-order valence-electron chi connectivity index (χ0n) is 23.3. The Morgan fingerprint density at radius 2 is 1.38 bits per heavy atom. The standard InChI is InChI=1S/C30H29N5O6.Cu/c1-14-9-18-10-22-15(2)19(5-7-28(36)37)25(32-22)13-26-20(6-8-29(38)39)16(3)23(33-26)12-24-17(4)30(35(40)41)27(34-24)11-21(14)31-18;/h9-13H,5-8H2,1-4H3,(H4,31,32,33,34,36,37,38,39);/q;+2/p-2. The zero-order chi connectivity index (χ0) is 29.6. The second-order valence-corrected chi connectivity index (χ2v) is 10.2. The molecular formula is C30H27CuN5O6. The van der Waals surface area contributed by atoms with Crippen molar-refractivity contribution >= 4 is 56.4 Å². The summed E-state index contributed by atoms with van der Waals surface area (Å²) < 4.78 is 0. The molecule has 2 N–H and O–H groups in total. The van der Waals surface area contributed by atoms with Gasteiger partial charge in [-0.3, -0.25) is 19.7 Å². The summed E-state index contributed by atoms with van der Waals surface area (Å²) in [6.45, 7) is 7.20. The predicted octanol–water partition coefficient (Wildman–Crippen LogP) is 5.16. The van der Waals surface area contributed by atoms with E-state index in [4.69, 9.17) is 9.97 Å². The number of carbonyl (C=O) groups is 2. The average Bonchev–Trinajstić information content (AvgIpc) is 3.56. The Kier molecular flexibility index (Phi) is 8.51. The van der Waals surface area contributed by atoms with Gasteiger partial charge in [-0.05, 0) is 57.7 Å². The van der Waals surface area contributed by atoms with Crippen LogP contribution in [0.3, 0.4) is 0 Å². The summed E-state index contributed by atoms with van der Waals surface area (Å²) in [4.78, 5) is 53.3. The number of aromatic nitrogens is 4. The molecule has 12 heteroatoms. The van der Waals surface area contributed by atoms with Gasteiger partial charge in [0, 0.05) is 12.8 Å². The van der Waals surface area contributed by atoms with Gasteiger partial charge < -0.3 is 20.2 Å². The van der Waals surface area contributed by atoms with Gasteiger partial charge in [-0.1, -0.05) is 41.0 Å². The SMILES string of the molecule is CC1=C(CCC(=O)O)c2cc3[n-]c(cc4nc(cc5[n-]c(cc1n2)cc5C)C([N+](=O)[O-])=C4C)c(C)c3CCC(=O)O.[Cu+2]. The third kappa shape index (κ3) is 5.77. The number of nitrogens with zero attached hydrogens (tertiary/aromatic N) is 5. The Bertz CT molecular complexity index is 1880. The van der Waals surface area contributed by atoms with Gasteiger partial charge in [0.2, 0.25) is 0 Å². The molecule has 0 fully saturated rings. The van der Waals surface area contributed by atoms with Crippen LogP contribution in [0.15, 0.2) is 30.3 Å². The van der Waals surface area contributed by atoms with Crippen LogP contribution in [0.5, 0.6) is 0 Å². The van der Waals surface area contributed by atoms with Crippen LogP contribution >= 0.6 is 0 Å². The third-order valence-corrected chi connectivity index (χ3v) is 7.48. The molecule has 2 aliphatic heterocycles. The molecule has 0 atom stereocenters. The molecule has 8 bridgehead atoms. The predicted molar refractivity (Wildman–Crippen MR) is 153 cm³/mol. The van der Waals surface area contributed by atoms with Crippen LogP contribution in [-0.4, -0.2) is 37.0 Å². The van der Waals surface area contributed by atoms with E-state index < -0.39 is 16.9 Å². The fourth-order valence-corrected chi connectivity index (χ4v) is 5.23. The molecule has 11 nitrogen and oxygen atoms in total. The molecule has 2 aliphatic rings. The van der Waals surface area contributed by atoms with Gasteiger partial charge >= 0.3 is 29.0 Å². The Balaban J connectivity index is 0.00000405. The van der Waals surface area contributed by atoms with Gasteiger partial charge in [0.15, 0.2) is 0 Å². The van der Waals surface area contributed by atoms with Gasteiger partial charge in [0.25, 0.3) is 5.70 Å². The Morgan fingerprint density at radius 3 is 2.05 bits per heavy atom. The maximum Gasteiger partial charge on any atom is 2.00 e. The van der Waals surface area contributed by atoms with E-state index in [0.29, 0.717) is 50.3 Å². The van der Waals surface area contributed by atoms with E-state index >= 15 is 0 Å². The number of rotatable bonds is 7. The Labute approximate surface area is 251 Å². The summed E-state index contributed by atoms with van der Waals surface area (Å²) in [6, 6.07) is 8.68. The van der Waals surface area contributed by atoms with Gasteiger partial charge in [-0.15, -0.1) is 22.1 Å². The number of aryl methyl sites for hydroxylation is 3. The smallest absolute Gasteiger partial charge is 0.657 e. The molecule has 42 heavy (non-hydrogen) atoms. The van der Waals surface area contributed by atoms with Crippen LogP contribution in [0.25, 0.3) is 44.5 Å². The van der Waals surface area contributed by atoms with E-state index in [-0.39, 0.29) is 54.1 Å². The molecule has 0 aromatic carbocycles. The van der Waals surface area contributed by atoms with Gasteiger partial charge in [0.1, 0.15) is 5.69 Å². The Hall–Kier alpha value is -4.54. The minimum atomic E-state index is -0.956. The Morgan fingerprint density at radius 1 is 0.786 bits per heavy atom. The van der Waals surface area contributed by atoms with Crippen LogP contribution in [0.1, 0.15) is 72.6 Å². The van der Waals surface area contributed by atoms with Crippen molar-refractivity contribution < 1.29 is 41.8 Å². The molecule has 3 aromatic heterocycles. The molecule has 3 aromatic rings. The summed E-state index contributed by atoms with van der Waals surface area (Å²) >= 11 is 0. The normalized spacial score (nSPS) is 12.9. The first-order valence-electron chi connectivity index (χ1n) is 13.0. The van der Waals surface area contributed by atoms with E-state index in [1.54, 1.807) is 31.2 Å². The van der Waals surface area contributed by atoms with Crippen molar-refractivity contribution in [2.75, 3.05) is 0 Å². The van der Waals surface area contributed by atoms with E-state index in [9.17, 15) is 29.9 Å². The first-order chi connectivity index (χ1) is 19.4. The monoisotopic (exact) mass is 616 g/mol. The number of hydrogen-bond acceptors (Lipinski definition) is 6. The van der Waals surface area contributed by atoms with E-state index in [0.717, 1.165) is 22.3 Å². The van der Waals surface area contributed by atoms with Crippen molar-refractivity contribution in [3.05, 3.63) is 79.9 Å². The zero-order valence-corrected chi connectivity index (χ0v) is 24.2. The second-order valence-electron chi connectivity index (χ2n) is 10.2. The van der Waals surface area contributed by atoms with Crippen LogP contribution in [0.4, 0.5) is 0 Å². The number of carboxylic acids is 2. The molecule has 5 heterocycles. The molecule has 0 unspecified atom stereocenters. The number of aliphatic carboxylic acids is 2. The molecular weight excluding hydrogens is 590 g/mol. The van der Waals surface area contributed by atoms with E-state index in [2.05, 4.69) is 9.97 Å². The summed E-state index contributed by atoms with van der Waals surface area (Å²) in [5, 5.41) is 30.8. The average molecular weight is 617 g/mol. The number of fused-ring (bicyclic) bond motifs is 8. The van der Waals surface area contributed by atoms with Crippen LogP contribution in [0, 0.1) is 24.0 Å². The van der Waals surface area contributed by atoms with Crippen LogP contribution in [-0.2, 0) is 33.1 Å². The molecule has 0 aliphatic carbocycles. The topological polar surface area (TPSA) is 172 Å². The minimum Gasteiger partial charge on any atom is -0.657 e. The molecule has 0 spiro atoms. The number of carboxylic acid groups (broad SMARTS) is 2. The van der Waals surface area contributed by atoms with E-state index in [1.165, 1.54) is 0 Å². The van der Waals surface area contributed by atoms with Crippen molar-refractivity contribution in [1.29, 1.82) is 0 Å². The van der Waals surface area contributed by atoms with Crippen molar-refractivity contribution in [1.82, 2.24) is 19.9 Å². The van der Waals surface area contributed by atoms with Gasteiger partial charge in [-0.2, -0.15) is 0 Å². The molecule has 0 saturated carbocycles. The summed E-state index contributed by atoms with van der Waals surface area (Å²) in [5.41, 5.74) is 8.00. The van der Waals surface area contributed by atoms with E-state index in [1.807, 2.05) is 26.8 Å². The van der Waals surface area contributed by atoms with Crippen molar-refractivity contribution in [2.45, 2.75) is 53.4 Å². The van der Waals surface area contributed by atoms with Crippen LogP contribution in [0.2, 0.25) is 0 Å². The van der Waals surface area contributed by atoms with Crippen molar-refractivity contribution in [3.63, 3.8) is 0 Å². The molecule has 0 amide bonds. The molecule has 1 radical (unpaired) electrons. The molecule has 5 rings (SSSR count).